The molecule has 1 aliphatic rings. The van der Waals surface area contributed by atoms with E-state index in [1.54, 1.807) is 22.4 Å². The third-order valence-corrected chi connectivity index (χ3v) is 6.92. The largest absolute Gasteiger partial charge is 0.342 e. The van der Waals surface area contributed by atoms with Crippen LogP contribution in [-0.4, -0.2) is 55.0 Å². The van der Waals surface area contributed by atoms with Crippen LogP contribution >= 0.6 is 11.3 Å². The van der Waals surface area contributed by atoms with Crippen LogP contribution in [0.2, 0.25) is 0 Å². The molecule has 4 N–H and O–H groups in total. The Morgan fingerprint density at radius 3 is 2.63 bits per heavy atom. The van der Waals surface area contributed by atoms with E-state index in [2.05, 4.69) is 30.5 Å². The number of thiazole rings is 1. The van der Waals surface area contributed by atoms with Crippen LogP contribution in [0.1, 0.15) is 39.8 Å². The van der Waals surface area contributed by atoms with Crippen LogP contribution in [0.3, 0.4) is 0 Å². The van der Waals surface area contributed by atoms with Crippen LogP contribution in [0.5, 0.6) is 0 Å². The van der Waals surface area contributed by atoms with Gasteiger partial charge in [-0.15, -0.1) is 11.3 Å². The molecule has 1 fully saturated rings. The zero-order valence-corrected chi connectivity index (χ0v) is 19.1. The second-order valence-electron chi connectivity index (χ2n) is 8.21. The fourth-order valence-electron chi connectivity index (χ4n) is 4.07. The first kappa shape index (κ1) is 22.7. The van der Waals surface area contributed by atoms with E-state index in [0.717, 1.165) is 23.4 Å². The summed E-state index contributed by atoms with van der Waals surface area (Å²) in [5.41, 5.74) is -0.364. The average molecular weight is 498 g/mol. The van der Waals surface area contributed by atoms with Gasteiger partial charge in [0.05, 0.1) is 11.4 Å². The molecule has 1 saturated heterocycles. The number of halogens is 1. The smallest absolute Gasteiger partial charge is 0.327 e. The number of hydrogen-bond acceptors (Lipinski definition) is 7. The van der Waals surface area contributed by atoms with Crippen LogP contribution < -0.4 is 16.6 Å². The number of benzene rings is 1. The first-order valence-electron chi connectivity index (χ1n) is 10.9. The molecule has 11 nitrogen and oxygen atoms in total. The van der Waals surface area contributed by atoms with Crippen LogP contribution in [0.25, 0.3) is 11.0 Å². The maximum Gasteiger partial charge on any atom is 0.327 e. The molecular weight excluding hydrogens is 477 g/mol. The lowest BCUT2D eigenvalue weighted by Gasteiger charge is -2.31. The van der Waals surface area contributed by atoms with Crippen molar-refractivity contribution in [1.82, 2.24) is 30.0 Å². The van der Waals surface area contributed by atoms with E-state index in [0.29, 0.717) is 13.1 Å². The maximum atomic E-state index is 13.1. The highest BCUT2D eigenvalue weighted by Crippen LogP contribution is 2.31. The molecule has 0 bridgehead atoms. The van der Waals surface area contributed by atoms with Gasteiger partial charge < -0.3 is 10.2 Å². The first-order chi connectivity index (χ1) is 16.9. The average Bonchev–Trinajstić information content (AvgIpc) is 3.48. The maximum absolute atomic E-state index is 13.1. The molecule has 180 valence electrons. The number of H-pyrrole nitrogens is 3. The summed E-state index contributed by atoms with van der Waals surface area (Å²) in [6.07, 6.45) is 1.67. The van der Waals surface area contributed by atoms with Gasteiger partial charge in [0.2, 0.25) is 5.91 Å². The number of rotatable bonds is 5. The van der Waals surface area contributed by atoms with Crippen LogP contribution in [0.15, 0.2) is 39.2 Å². The Morgan fingerprint density at radius 1 is 1.14 bits per heavy atom. The molecule has 13 heteroatoms. The number of fused-ring (bicyclic) bond motifs is 1. The number of piperidine rings is 1. The third-order valence-electron chi connectivity index (χ3n) is 5.91. The van der Waals surface area contributed by atoms with E-state index >= 15 is 0 Å². The molecule has 35 heavy (non-hydrogen) atoms. The number of amides is 2. The van der Waals surface area contributed by atoms with Gasteiger partial charge in [-0.05, 0) is 30.5 Å². The number of aromatic amines is 3. The molecule has 4 aromatic rings. The standard InChI is InChI=1S/C22H20FN7O4S/c23-13-3-1-11(2-4-13)9-15(31)30-7-5-12(6-8-30)21-24-14(10-35-21)19(32)25-17-16-18(29-28-17)26-22(34)27-20(16)33/h1-4,10,12H,5-9H2,(H4,25,26,27,28,29,32,33,34). The van der Waals surface area contributed by atoms with Gasteiger partial charge in [0.15, 0.2) is 5.65 Å². The highest BCUT2D eigenvalue weighted by Gasteiger charge is 2.26. The lowest BCUT2D eigenvalue weighted by atomic mass is 9.97. The normalized spacial score (nSPS) is 14.4. The molecule has 1 aliphatic heterocycles. The minimum Gasteiger partial charge on any atom is -0.342 e. The van der Waals surface area contributed by atoms with Crippen LogP contribution in [0.4, 0.5) is 10.2 Å². The molecule has 4 heterocycles. The van der Waals surface area contributed by atoms with Crippen molar-refractivity contribution in [3.63, 3.8) is 0 Å². The number of aromatic nitrogens is 5. The van der Waals surface area contributed by atoms with E-state index in [1.165, 1.54) is 23.5 Å². The quantitative estimate of drug-likeness (QED) is 0.329. The summed E-state index contributed by atoms with van der Waals surface area (Å²) in [4.78, 5) is 59.4. The second kappa shape index (κ2) is 9.25. The number of likely N-dealkylation sites (tertiary alicyclic amines) is 1. The van der Waals surface area contributed by atoms with Crippen molar-refractivity contribution in [3.8, 4) is 0 Å². The lowest BCUT2D eigenvalue weighted by molar-refractivity contribution is -0.131. The fourth-order valence-corrected chi connectivity index (χ4v) is 5.04. The van der Waals surface area contributed by atoms with E-state index in [9.17, 15) is 23.6 Å². The predicted molar refractivity (Wildman–Crippen MR) is 126 cm³/mol. The van der Waals surface area contributed by atoms with Crippen molar-refractivity contribution < 1.29 is 14.0 Å². The van der Waals surface area contributed by atoms with E-state index in [1.807, 2.05) is 0 Å². The molecule has 0 aliphatic carbocycles. The summed E-state index contributed by atoms with van der Waals surface area (Å²) in [5.74, 6) is -0.670. The number of nitrogens with zero attached hydrogens (tertiary/aromatic N) is 3. The van der Waals surface area contributed by atoms with Gasteiger partial charge >= 0.3 is 5.69 Å². The number of carbonyl (C=O) groups excluding carboxylic acids is 2. The van der Waals surface area contributed by atoms with Crippen molar-refractivity contribution in [3.05, 3.63) is 72.6 Å². The summed E-state index contributed by atoms with van der Waals surface area (Å²) < 4.78 is 13.1. The lowest BCUT2D eigenvalue weighted by Crippen LogP contribution is -2.38. The van der Waals surface area contributed by atoms with Crippen molar-refractivity contribution in [1.29, 1.82) is 0 Å². The molecule has 0 unspecified atom stereocenters. The Morgan fingerprint density at radius 2 is 1.89 bits per heavy atom. The van der Waals surface area contributed by atoms with Gasteiger partial charge in [-0.25, -0.2) is 14.2 Å². The highest BCUT2D eigenvalue weighted by atomic mass is 32.1. The molecule has 0 saturated carbocycles. The van der Waals surface area contributed by atoms with Crippen molar-refractivity contribution in [2.75, 3.05) is 18.4 Å². The van der Waals surface area contributed by atoms with Crippen LogP contribution in [-0.2, 0) is 11.2 Å². The Hall–Kier alpha value is -4.13. The van der Waals surface area contributed by atoms with E-state index in [-0.39, 0.29) is 46.6 Å². The summed E-state index contributed by atoms with van der Waals surface area (Å²) in [6, 6.07) is 5.92. The van der Waals surface area contributed by atoms with Gasteiger partial charge in [0.1, 0.15) is 22.7 Å². The topological polar surface area (TPSA) is 157 Å². The van der Waals surface area contributed by atoms with E-state index in [4.69, 9.17) is 0 Å². The van der Waals surface area contributed by atoms with E-state index < -0.39 is 17.2 Å². The molecule has 2 amide bonds. The monoisotopic (exact) mass is 497 g/mol. The summed E-state index contributed by atoms with van der Waals surface area (Å²) >= 11 is 1.37. The van der Waals surface area contributed by atoms with Gasteiger partial charge in [0, 0.05) is 24.4 Å². The third kappa shape index (κ3) is 4.75. The predicted octanol–water partition coefficient (Wildman–Crippen LogP) is 1.74. The Bertz CT molecular complexity index is 1510. The number of carbonyl (C=O) groups is 2. The number of anilines is 1. The van der Waals surface area contributed by atoms with Crippen LogP contribution in [0, 0.1) is 5.82 Å². The number of hydrogen-bond donors (Lipinski definition) is 4. The molecule has 5 rings (SSSR count). The Kier molecular flexibility index (Phi) is 5.99. The minimum atomic E-state index is -0.695. The minimum absolute atomic E-state index is 0.00243. The Balaban J connectivity index is 1.20. The zero-order valence-electron chi connectivity index (χ0n) is 18.3. The first-order valence-corrected chi connectivity index (χ1v) is 11.7. The van der Waals surface area contributed by atoms with Gasteiger partial charge in [-0.2, -0.15) is 5.10 Å². The van der Waals surface area contributed by atoms with Crippen molar-refractivity contribution >= 4 is 40.0 Å². The van der Waals surface area contributed by atoms with Crippen molar-refractivity contribution in [2.24, 2.45) is 0 Å². The molecule has 3 aromatic heterocycles. The molecule has 0 radical (unpaired) electrons. The molecule has 1 aromatic carbocycles. The fraction of sp³-hybridized carbons (Fsp3) is 0.273. The van der Waals surface area contributed by atoms with Gasteiger partial charge in [-0.1, -0.05) is 12.1 Å². The summed E-state index contributed by atoms with van der Waals surface area (Å²) in [6.45, 7) is 1.15. The summed E-state index contributed by atoms with van der Waals surface area (Å²) in [5, 5.41) is 11.4. The highest BCUT2D eigenvalue weighted by molar-refractivity contribution is 7.10. The molecular formula is C22H20FN7O4S. The zero-order chi connectivity index (χ0) is 24.5. The van der Waals surface area contributed by atoms with Gasteiger partial charge in [0.25, 0.3) is 11.5 Å². The number of nitrogens with one attached hydrogen (secondary N) is 4. The Labute approximate surface area is 200 Å². The second-order valence-corrected chi connectivity index (χ2v) is 9.10. The van der Waals surface area contributed by atoms with Gasteiger partial charge in [-0.3, -0.25) is 29.5 Å². The SMILES string of the molecule is O=C(Nc1[nH]nc2[nH]c(=O)[nH]c(=O)c12)c1csc(C2CCN(C(=O)Cc3ccc(F)cc3)CC2)n1. The van der Waals surface area contributed by atoms with Crippen molar-refractivity contribution in [2.45, 2.75) is 25.2 Å². The summed E-state index contributed by atoms with van der Waals surface area (Å²) in [7, 11) is 0. The molecule has 0 atom stereocenters. The molecule has 0 spiro atoms.